The summed E-state index contributed by atoms with van der Waals surface area (Å²) < 4.78 is 0. The van der Waals surface area contributed by atoms with Crippen LogP contribution in [0.2, 0.25) is 0 Å². The van der Waals surface area contributed by atoms with Gasteiger partial charge in [-0.15, -0.1) is 11.3 Å². The maximum absolute atomic E-state index is 8.57. The van der Waals surface area contributed by atoms with Crippen LogP contribution in [0, 0.1) is 11.8 Å². The summed E-state index contributed by atoms with van der Waals surface area (Å²) in [7, 11) is 2.13. The fourth-order valence-electron chi connectivity index (χ4n) is 1.40. The molecule has 82 valence electrons. The minimum absolute atomic E-state index is 0.0685. The van der Waals surface area contributed by atoms with Crippen molar-refractivity contribution in [1.29, 1.82) is 0 Å². The Morgan fingerprint density at radius 1 is 1.53 bits per heavy atom. The highest BCUT2D eigenvalue weighted by atomic mass is 32.1. The molecule has 0 aliphatic rings. The summed E-state index contributed by atoms with van der Waals surface area (Å²) in [6.07, 6.45) is 1.18. The Balaban J connectivity index is 2.52. The molecule has 0 saturated heterocycles. The van der Waals surface area contributed by atoms with Crippen molar-refractivity contribution >= 4 is 11.3 Å². The number of thiophene rings is 1. The Bertz CT molecular complexity index is 348. The van der Waals surface area contributed by atoms with Crippen molar-refractivity contribution in [1.82, 2.24) is 4.90 Å². The summed E-state index contributed by atoms with van der Waals surface area (Å²) in [6.45, 7) is 4.22. The molecule has 1 rings (SSSR count). The second-order valence-corrected chi connectivity index (χ2v) is 4.50. The topological polar surface area (TPSA) is 23.5 Å². The quantitative estimate of drug-likeness (QED) is 0.788. The van der Waals surface area contributed by atoms with Crippen LogP contribution in [0.3, 0.4) is 0 Å². The molecule has 0 aliphatic carbocycles. The third-order valence-electron chi connectivity index (χ3n) is 2.00. The zero-order valence-corrected chi connectivity index (χ0v) is 10.1. The molecule has 0 amide bonds. The maximum atomic E-state index is 8.57. The van der Waals surface area contributed by atoms with Crippen LogP contribution < -0.4 is 0 Å². The molecule has 0 aliphatic heterocycles. The molecule has 0 spiro atoms. The summed E-state index contributed by atoms with van der Waals surface area (Å²) in [5, 5.41) is 10.6. The van der Waals surface area contributed by atoms with Gasteiger partial charge in [0.2, 0.25) is 0 Å². The van der Waals surface area contributed by atoms with Crippen LogP contribution in [0.5, 0.6) is 0 Å². The number of aliphatic hydroxyl groups excluding tert-OH is 1. The lowest BCUT2D eigenvalue weighted by atomic mass is 10.3. The minimum atomic E-state index is -0.0685. The van der Waals surface area contributed by atoms with Crippen LogP contribution in [-0.4, -0.2) is 30.2 Å². The van der Waals surface area contributed by atoms with E-state index in [1.165, 1.54) is 11.3 Å². The molecule has 0 atom stereocenters. The average Bonchev–Trinajstić information content (AvgIpc) is 2.63. The zero-order chi connectivity index (χ0) is 11.1. The number of nitrogens with zero attached hydrogens (tertiary/aromatic N) is 1. The van der Waals surface area contributed by atoms with Gasteiger partial charge in [0.1, 0.15) is 6.61 Å². The summed E-state index contributed by atoms with van der Waals surface area (Å²) in [5.74, 6) is 5.57. The highest BCUT2D eigenvalue weighted by molar-refractivity contribution is 7.10. The monoisotopic (exact) mass is 223 g/mol. The minimum Gasteiger partial charge on any atom is -0.384 e. The fourth-order valence-corrected chi connectivity index (χ4v) is 2.29. The lowest BCUT2D eigenvalue weighted by molar-refractivity contribution is 0.330. The molecular formula is C12H17NOS. The lowest BCUT2D eigenvalue weighted by Crippen LogP contribution is -2.17. The van der Waals surface area contributed by atoms with Crippen LogP contribution >= 0.6 is 11.3 Å². The van der Waals surface area contributed by atoms with E-state index in [0.29, 0.717) is 0 Å². The normalized spacial score (nSPS) is 10.1. The summed E-state index contributed by atoms with van der Waals surface area (Å²) >= 11 is 1.73. The Labute approximate surface area is 95.5 Å². The van der Waals surface area contributed by atoms with Crippen molar-refractivity contribution < 1.29 is 5.11 Å². The van der Waals surface area contributed by atoms with Crippen LogP contribution in [0.25, 0.3) is 0 Å². The van der Waals surface area contributed by atoms with Gasteiger partial charge in [0.05, 0.1) is 0 Å². The van der Waals surface area contributed by atoms with Crippen LogP contribution in [0.4, 0.5) is 0 Å². The van der Waals surface area contributed by atoms with Crippen LogP contribution in [0.15, 0.2) is 11.4 Å². The summed E-state index contributed by atoms with van der Waals surface area (Å²) in [6, 6.07) is 2.10. The van der Waals surface area contributed by atoms with Crippen molar-refractivity contribution in [3.05, 3.63) is 21.9 Å². The average molecular weight is 223 g/mol. The predicted octanol–water partition coefficient (Wildman–Crippen LogP) is 1.93. The lowest BCUT2D eigenvalue weighted by Gasteiger charge is -2.13. The van der Waals surface area contributed by atoms with E-state index in [1.807, 2.05) is 5.38 Å². The Morgan fingerprint density at radius 2 is 2.33 bits per heavy atom. The summed E-state index contributed by atoms with van der Waals surface area (Å²) in [5.41, 5.74) is 1.01. The van der Waals surface area contributed by atoms with E-state index >= 15 is 0 Å². The molecule has 1 aromatic heterocycles. The van der Waals surface area contributed by atoms with E-state index < -0.39 is 0 Å². The SMILES string of the molecule is CCCN(C)Cc1cc(C#CCO)cs1. The van der Waals surface area contributed by atoms with Crippen molar-refractivity contribution in [3.8, 4) is 11.8 Å². The zero-order valence-electron chi connectivity index (χ0n) is 9.29. The molecule has 0 saturated carbocycles. The van der Waals surface area contributed by atoms with Gasteiger partial charge in [-0.25, -0.2) is 0 Å². The van der Waals surface area contributed by atoms with Gasteiger partial charge in [-0.2, -0.15) is 0 Å². The molecule has 15 heavy (non-hydrogen) atoms. The molecule has 0 bridgehead atoms. The second-order valence-electron chi connectivity index (χ2n) is 3.50. The fraction of sp³-hybridized carbons (Fsp3) is 0.500. The molecule has 0 unspecified atom stereocenters. The van der Waals surface area contributed by atoms with Crippen molar-refractivity contribution in [2.75, 3.05) is 20.2 Å². The number of hydrogen-bond donors (Lipinski definition) is 1. The largest absolute Gasteiger partial charge is 0.384 e. The van der Waals surface area contributed by atoms with E-state index in [0.717, 1.165) is 18.7 Å². The molecule has 3 heteroatoms. The Kier molecular flexibility index (Phi) is 5.41. The van der Waals surface area contributed by atoms with Gasteiger partial charge >= 0.3 is 0 Å². The molecule has 1 heterocycles. The number of hydrogen-bond acceptors (Lipinski definition) is 3. The first-order chi connectivity index (χ1) is 7.26. The molecule has 0 fully saturated rings. The van der Waals surface area contributed by atoms with Crippen molar-refractivity contribution in [3.63, 3.8) is 0 Å². The molecular weight excluding hydrogens is 206 g/mol. The highest BCUT2D eigenvalue weighted by Gasteiger charge is 2.01. The molecule has 1 aromatic rings. The second kappa shape index (κ2) is 6.62. The first-order valence-corrected chi connectivity index (χ1v) is 6.00. The third-order valence-corrected chi connectivity index (χ3v) is 2.92. The Morgan fingerprint density at radius 3 is 3.00 bits per heavy atom. The number of rotatable bonds is 4. The van der Waals surface area contributed by atoms with E-state index in [2.05, 4.69) is 36.8 Å². The van der Waals surface area contributed by atoms with E-state index in [-0.39, 0.29) is 6.61 Å². The third kappa shape index (κ3) is 4.48. The van der Waals surface area contributed by atoms with Gasteiger partial charge in [0.25, 0.3) is 0 Å². The smallest absolute Gasteiger partial charge is 0.104 e. The van der Waals surface area contributed by atoms with Crippen LogP contribution in [0.1, 0.15) is 23.8 Å². The van der Waals surface area contributed by atoms with E-state index in [9.17, 15) is 0 Å². The highest BCUT2D eigenvalue weighted by Crippen LogP contribution is 2.15. The molecule has 0 radical (unpaired) electrons. The standard InChI is InChI=1S/C12H17NOS/c1-3-6-13(2)9-12-8-11(10-15-12)5-4-7-14/h8,10,14H,3,6-7,9H2,1-2H3. The van der Waals surface area contributed by atoms with Gasteiger partial charge in [-0.1, -0.05) is 18.8 Å². The first-order valence-electron chi connectivity index (χ1n) is 5.12. The number of aliphatic hydroxyl groups is 1. The predicted molar refractivity (Wildman–Crippen MR) is 64.9 cm³/mol. The Hall–Kier alpha value is -0.820. The van der Waals surface area contributed by atoms with Gasteiger partial charge in [0.15, 0.2) is 0 Å². The van der Waals surface area contributed by atoms with Crippen molar-refractivity contribution in [2.24, 2.45) is 0 Å². The van der Waals surface area contributed by atoms with Gasteiger partial charge < -0.3 is 10.0 Å². The summed E-state index contributed by atoms with van der Waals surface area (Å²) in [4.78, 5) is 3.63. The van der Waals surface area contributed by atoms with E-state index in [1.54, 1.807) is 11.3 Å². The first kappa shape index (κ1) is 12.3. The maximum Gasteiger partial charge on any atom is 0.104 e. The van der Waals surface area contributed by atoms with Gasteiger partial charge in [-0.05, 0) is 26.1 Å². The molecule has 0 aromatic carbocycles. The van der Waals surface area contributed by atoms with Crippen LogP contribution in [-0.2, 0) is 6.54 Å². The van der Waals surface area contributed by atoms with Gasteiger partial charge in [0, 0.05) is 22.4 Å². The van der Waals surface area contributed by atoms with Crippen molar-refractivity contribution in [2.45, 2.75) is 19.9 Å². The van der Waals surface area contributed by atoms with E-state index in [4.69, 9.17) is 5.11 Å². The van der Waals surface area contributed by atoms with Gasteiger partial charge in [-0.3, -0.25) is 0 Å². The molecule has 1 N–H and O–H groups in total. The molecule has 2 nitrogen and oxygen atoms in total.